The number of carbonyl (C=O) groups is 3. The molecule has 1 N–H and O–H groups in total. The van der Waals surface area contributed by atoms with Crippen molar-refractivity contribution in [3.63, 3.8) is 0 Å². The molecule has 1 aliphatic heterocycles. The summed E-state index contributed by atoms with van der Waals surface area (Å²) in [6, 6.07) is 3.55. The minimum Gasteiger partial charge on any atom is -0.468 e. The van der Waals surface area contributed by atoms with Crippen molar-refractivity contribution in [2.45, 2.75) is 46.5 Å². The van der Waals surface area contributed by atoms with E-state index in [1.807, 2.05) is 13.8 Å². The lowest BCUT2D eigenvalue weighted by molar-refractivity contribution is -0.151. The van der Waals surface area contributed by atoms with Gasteiger partial charge in [0.2, 0.25) is 0 Å². The number of ether oxygens (including phenoxy) is 2. The Hall–Kier alpha value is -2.83. The monoisotopic (exact) mass is 401 g/mol. The number of dihydropyridines is 1. The summed E-state index contributed by atoms with van der Waals surface area (Å²) in [5.41, 5.74) is 2.05. The van der Waals surface area contributed by atoms with Crippen LogP contribution in [0.5, 0.6) is 0 Å². The van der Waals surface area contributed by atoms with Crippen molar-refractivity contribution >= 4 is 17.7 Å². The molecule has 1 aromatic rings. The van der Waals surface area contributed by atoms with Gasteiger partial charge < -0.3 is 19.2 Å². The number of methoxy groups -OCH3 is 1. The molecule has 0 fully saturated rings. The Bertz CT molecular complexity index is 906. The number of rotatable bonds is 5. The number of allylic oxidation sites excluding steroid dienone is 3. The maximum absolute atomic E-state index is 13.4. The minimum absolute atomic E-state index is 0.221. The Morgan fingerprint density at radius 2 is 2.00 bits per heavy atom. The lowest BCUT2D eigenvalue weighted by Crippen LogP contribution is -2.43. The highest BCUT2D eigenvalue weighted by atomic mass is 16.5. The molecule has 2 heterocycles. The van der Waals surface area contributed by atoms with Crippen LogP contribution in [0, 0.1) is 18.8 Å². The van der Waals surface area contributed by atoms with Gasteiger partial charge in [-0.05, 0) is 44.7 Å². The predicted molar refractivity (Wildman–Crippen MR) is 105 cm³/mol. The highest BCUT2D eigenvalue weighted by Gasteiger charge is 2.48. The molecule has 3 rings (SSSR count). The first-order valence-corrected chi connectivity index (χ1v) is 9.86. The third kappa shape index (κ3) is 3.73. The first-order valence-electron chi connectivity index (χ1n) is 9.86. The number of furan rings is 1. The molecule has 0 saturated heterocycles. The number of hydrogen-bond donors (Lipinski definition) is 1. The van der Waals surface area contributed by atoms with Gasteiger partial charge in [0.05, 0.1) is 25.2 Å². The molecule has 1 aromatic heterocycles. The number of ketones is 1. The summed E-state index contributed by atoms with van der Waals surface area (Å²) < 4.78 is 16.1. The van der Waals surface area contributed by atoms with Crippen LogP contribution < -0.4 is 5.32 Å². The van der Waals surface area contributed by atoms with Crippen molar-refractivity contribution in [1.29, 1.82) is 0 Å². The number of aryl methyl sites for hydroxylation is 1. The van der Waals surface area contributed by atoms with Crippen LogP contribution in [0.25, 0.3) is 0 Å². The van der Waals surface area contributed by atoms with Crippen LogP contribution in [0.1, 0.15) is 51.1 Å². The van der Waals surface area contributed by atoms with E-state index in [1.165, 1.54) is 7.11 Å². The first-order chi connectivity index (χ1) is 13.8. The van der Waals surface area contributed by atoms with E-state index in [0.717, 1.165) is 0 Å². The summed E-state index contributed by atoms with van der Waals surface area (Å²) in [6.45, 7) is 7.63. The van der Waals surface area contributed by atoms with E-state index in [4.69, 9.17) is 13.9 Å². The van der Waals surface area contributed by atoms with Crippen LogP contribution in [0.2, 0.25) is 0 Å². The van der Waals surface area contributed by atoms with Crippen molar-refractivity contribution in [3.8, 4) is 0 Å². The van der Waals surface area contributed by atoms with Crippen molar-refractivity contribution < 1.29 is 28.3 Å². The molecule has 0 radical (unpaired) electrons. The molecule has 3 atom stereocenters. The van der Waals surface area contributed by atoms with Crippen molar-refractivity contribution in [2.24, 2.45) is 11.8 Å². The summed E-state index contributed by atoms with van der Waals surface area (Å²) in [4.78, 5) is 38.6. The van der Waals surface area contributed by atoms with Gasteiger partial charge >= 0.3 is 11.9 Å². The van der Waals surface area contributed by atoms with Crippen LogP contribution in [0.3, 0.4) is 0 Å². The number of hydrogen-bond acceptors (Lipinski definition) is 7. The van der Waals surface area contributed by atoms with E-state index in [0.29, 0.717) is 46.9 Å². The lowest BCUT2D eigenvalue weighted by atomic mass is 9.70. The predicted octanol–water partition coefficient (Wildman–Crippen LogP) is 3.15. The molecule has 0 saturated carbocycles. The number of Topliss-reactive ketones (excluding diaryl/α,β-unsaturated/α-hetero) is 1. The van der Waals surface area contributed by atoms with Crippen LogP contribution in [-0.2, 0) is 23.9 Å². The van der Waals surface area contributed by atoms with E-state index in [2.05, 4.69) is 5.32 Å². The molecule has 7 heteroatoms. The van der Waals surface area contributed by atoms with Gasteiger partial charge in [0, 0.05) is 17.0 Å². The standard InChI is InChI=1S/C22H27NO6/c1-6-9-28-22(26)17-13(4)23-14-10-11(2)16(21(25)27-5)20(24)18(14)19(17)15-8-7-12(3)29-15/h7-8,11,16,19,23H,6,9-10H2,1-5H3/t11-,16-,19+/m0/s1. The first kappa shape index (κ1) is 20.9. The fraction of sp³-hybridized carbons (Fsp3) is 0.500. The van der Waals surface area contributed by atoms with E-state index >= 15 is 0 Å². The Kier molecular flexibility index (Phi) is 5.96. The summed E-state index contributed by atoms with van der Waals surface area (Å²) >= 11 is 0. The third-order valence-electron chi connectivity index (χ3n) is 5.45. The third-order valence-corrected chi connectivity index (χ3v) is 5.45. The van der Waals surface area contributed by atoms with Gasteiger partial charge in [0.15, 0.2) is 5.78 Å². The molecule has 1 aliphatic carbocycles. The molecule has 0 amide bonds. The van der Waals surface area contributed by atoms with Gasteiger partial charge in [0.25, 0.3) is 0 Å². The maximum atomic E-state index is 13.4. The van der Waals surface area contributed by atoms with Crippen LogP contribution in [0.15, 0.2) is 39.1 Å². The summed E-state index contributed by atoms with van der Waals surface area (Å²) in [5.74, 6) is -2.12. The molecule has 0 spiro atoms. The second-order valence-electron chi connectivity index (χ2n) is 7.62. The molecule has 29 heavy (non-hydrogen) atoms. The zero-order chi connectivity index (χ0) is 21.3. The second-order valence-corrected chi connectivity index (χ2v) is 7.62. The van der Waals surface area contributed by atoms with E-state index < -0.39 is 23.8 Å². The summed E-state index contributed by atoms with van der Waals surface area (Å²) in [5, 5.41) is 3.21. The average molecular weight is 401 g/mol. The SMILES string of the molecule is CCCOC(=O)C1=C(C)NC2=C(C(=O)[C@@H](C(=O)OC)[C@@H](C)C2)[C@@H]1c1ccc(C)o1. The quantitative estimate of drug-likeness (QED) is 0.598. The molecule has 156 valence electrons. The van der Waals surface area contributed by atoms with Crippen molar-refractivity contribution in [1.82, 2.24) is 5.32 Å². The zero-order valence-electron chi connectivity index (χ0n) is 17.5. The topological polar surface area (TPSA) is 94.8 Å². The van der Waals surface area contributed by atoms with Crippen molar-refractivity contribution in [2.75, 3.05) is 13.7 Å². The van der Waals surface area contributed by atoms with Crippen LogP contribution in [-0.4, -0.2) is 31.4 Å². The molecular formula is C22H27NO6. The molecule has 7 nitrogen and oxygen atoms in total. The smallest absolute Gasteiger partial charge is 0.336 e. The minimum atomic E-state index is -0.912. The fourth-order valence-corrected chi connectivity index (χ4v) is 4.12. The van der Waals surface area contributed by atoms with Gasteiger partial charge in [0.1, 0.15) is 17.4 Å². The Balaban J connectivity index is 2.13. The fourth-order valence-electron chi connectivity index (χ4n) is 4.12. The van der Waals surface area contributed by atoms with Crippen molar-refractivity contribution in [3.05, 3.63) is 46.2 Å². The maximum Gasteiger partial charge on any atom is 0.336 e. The van der Waals surface area contributed by atoms with Gasteiger partial charge in [-0.3, -0.25) is 9.59 Å². The largest absolute Gasteiger partial charge is 0.468 e. The number of carbonyl (C=O) groups excluding carboxylic acids is 3. The molecule has 2 aliphatic rings. The van der Waals surface area contributed by atoms with E-state index in [9.17, 15) is 14.4 Å². The Morgan fingerprint density at radius 1 is 1.28 bits per heavy atom. The van der Waals surface area contributed by atoms with Crippen LogP contribution in [0.4, 0.5) is 0 Å². The molecule has 0 bridgehead atoms. The molecular weight excluding hydrogens is 374 g/mol. The van der Waals surface area contributed by atoms with Gasteiger partial charge in [-0.15, -0.1) is 0 Å². The van der Waals surface area contributed by atoms with Gasteiger partial charge in [-0.25, -0.2) is 4.79 Å². The normalized spacial score (nSPS) is 24.2. The zero-order valence-corrected chi connectivity index (χ0v) is 17.5. The number of nitrogens with one attached hydrogen (secondary N) is 1. The highest BCUT2D eigenvalue weighted by molar-refractivity contribution is 6.12. The Labute approximate surface area is 170 Å². The van der Waals surface area contributed by atoms with E-state index in [-0.39, 0.29) is 18.3 Å². The van der Waals surface area contributed by atoms with Crippen LogP contribution >= 0.6 is 0 Å². The second kappa shape index (κ2) is 8.27. The van der Waals surface area contributed by atoms with Gasteiger partial charge in [-0.1, -0.05) is 13.8 Å². The average Bonchev–Trinajstić information content (AvgIpc) is 3.10. The summed E-state index contributed by atoms with van der Waals surface area (Å²) in [6.07, 6.45) is 1.18. The molecule has 0 unspecified atom stereocenters. The molecule has 0 aromatic carbocycles. The number of esters is 2. The highest BCUT2D eigenvalue weighted by Crippen LogP contribution is 2.45. The Morgan fingerprint density at radius 3 is 2.59 bits per heavy atom. The summed E-state index contributed by atoms with van der Waals surface area (Å²) in [7, 11) is 1.27. The van der Waals surface area contributed by atoms with E-state index in [1.54, 1.807) is 26.0 Å². The van der Waals surface area contributed by atoms with Gasteiger partial charge in [-0.2, -0.15) is 0 Å². The lowest BCUT2D eigenvalue weighted by Gasteiger charge is -2.37.